The van der Waals surface area contributed by atoms with Crippen LogP contribution in [0.25, 0.3) is 22.0 Å². The van der Waals surface area contributed by atoms with E-state index in [0.29, 0.717) is 27.8 Å². The third-order valence-corrected chi connectivity index (χ3v) is 8.47. The molecule has 2 N–H and O–H groups in total. The number of fused-ring (bicyclic) bond motifs is 1. The lowest BCUT2D eigenvalue weighted by molar-refractivity contribution is 0.214. The number of amides is 1. The molecule has 8 nitrogen and oxygen atoms in total. The highest BCUT2D eigenvalue weighted by molar-refractivity contribution is 7.92. The lowest BCUT2D eigenvalue weighted by Gasteiger charge is -2.22. The predicted octanol–water partition coefficient (Wildman–Crippen LogP) is 6.96. The molecule has 2 aromatic heterocycles. The third-order valence-electron chi connectivity index (χ3n) is 6.67. The highest BCUT2D eigenvalue weighted by Gasteiger charge is 2.24. The van der Waals surface area contributed by atoms with Gasteiger partial charge in [-0.3, -0.25) is 14.6 Å². The minimum absolute atomic E-state index is 0.0870. The summed E-state index contributed by atoms with van der Waals surface area (Å²) >= 11 is 0. The lowest BCUT2D eigenvalue weighted by atomic mass is 9.87. The summed E-state index contributed by atoms with van der Waals surface area (Å²) in [6.45, 7) is 6.25. The first-order chi connectivity index (χ1) is 19.0. The fourth-order valence-electron chi connectivity index (χ4n) is 4.41. The Bertz CT molecular complexity index is 1760. The minimum atomic E-state index is -3.82. The van der Waals surface area contributed by atoms with Crippen molar-refractivity contribution in [1.29, 1.82) is 0 Å². The Hall–Kier alpha value is -4.63. The molecule has 0 fully saturated rings. The fourth-order valence-corrected chi connectivity index (χ4v) is 5.60. The van der Waals surface area contributed by atoms with Crippen LogP contribution < -0.4 is 14.4 Å². The van der Waals surface area contributed by atoms with Crippen molar-refractivity contribution in [1.82, 2.24) is 9.97 Å². The number of anilines is 2. The van der Waals surface area contributed by atoms with Gasteiger partial charge in [-0.25, -0.2) is 13.2 Å². The normalized spacial score (nSPS) is 11.8. The van der Waals surface area contributed by atoms with Crippen LogP contribution in [0.2, 0.25) is 0 Å². The molecule has 9 heteroatoms. The maximum absolute atomic E-state index is 13.5. The van der Waals surface area contributed by atoms with Gasteiger partial charge in [-0.15, -0.1) is 0 Å². The van der Waals surface area contributed by atoms with Crippen molar-refractivity contribution in [3.8, 4) is 17.0 Å². The number of pyridine rings is 1. The number of carbonyl (C=O) groups excluding carboxylic acids is 1. The molecule has 0 aliphatic heterocycles. The van der Waals surface area contributed by atoms with Crippen LogP contribution in [0.1, 0.15) is 26.3 Å². The topological polar surface area (TPSA) is 104 Å². The Morgan fingerprint density at radius 2 is 1.60 bits per heavy atom. The number of nitrogens with one attached hydrogen (secondary N) is 2. The number of sulfonamides is 1. The predicted molar refractivity (Wildman–Crippen MR) is 158 cm³/mol. The van der Waals surface area contributed by atoms with Crippen LogP contribution in [0, 0.1) is 0 Å². The molecule has 204 valence electrons. The zero-order valence-corrected chi connectivity index (χ0v) is 23.5. The molecule has 40 heavy (non-hydrogen) atoms. The van der Waals surface area contributed by atoms with Gasteiger partial charge in [-0.2, -0.15) is 0 Å². The Morgan fingerprint density at radius 1 is 0.925 bits per heavy atom. The summed E-state index contributed by atoms with van der Waals surface area (Å²) in [4.78, 5) is 20.1. The van der Waals surface area contributed by atoms with Crippen molar-refractivity contribution in [2.24, 2.45) is 0 Å². The first-order valence-corrected chi connectivity index (χ1v) is 14.2. The van der Waals surface area contributed by atoms with Gasteiger partial charge in [0, 0.05) is 36.0 Å². The third kappa shape index (κ3) is 5.41. The van der Waals surface area contributed by atoms with E-state index < -0.39 is 16.1 Å². The van der Waals surface area contributed by atoms with Gasteiger partial charge >= 0.3 is 6.09 Å². The van der Waals surface area contributed by atoms with E-state index >= 15 is 0 Å². The molecule has 5 rings (SSSR count). The molecule has 0 aliphatic carbocycles. The van der Waals surface area contributed by atoms with E-state index in [1.54, 1.807) is 54.9 Å². The SMILES string of the molecule is CN(c1ccc2[nH]c(OC(=O)Nc3ccncc3)c(-c3ccccc3)c2c1)S(=O)(=O)c1ccc(C(C)(C)C)cc1. The first kappa shape index (κ1) is 27.0. The minimum Gasteiger partial charge on any atom is -0.392 e. The number of rotatable bonds is 6. The smallest absolute Gasteiger partial charge is 0.392 e. The Kier molecular flexibility index (Phi) is 7.08. The van der Waals surface area contributed by atoms with Crippen LogP contribution >= 0.6 is 0 Å². The van der Waals surface area contributed by atoms with E-state index in [0.717, 1.165) is 11.1 Å². The molecule has 1 amide bonds. The zero-order valence-electron chi connectivity index (χ0n) is 22.7. The summed E-state index contributed by atoms with van der Waals surface area (Å²) in [6.07, 6.45) is 2.46. The molecule has 2 heterocycles. The van der Waals surface area contributed by atoms with Gasteiger partial charge in [0.1, 0.15) is 0 Å². The molecule has 0 bridgehead atoms. The Labute approximate surface area is 233 Å². The highest BCUT2D eigenvalue weighted by Crippen LogP contribution is 2.39. The second kappa shape index (κ2) is 10.5. The molecule has 0 spiro atoms. The average Bonchev–Trinajstić information content (AvgIpc) is 3.30. The number of aromatic nitrogens is 2. The summed E-state index contributed by atoms with van der Waals surface area (Å²) in [6, 6.07) is 25.0. The van der Waals surface area contributed by atoms with Crippen LogP contribution in [-0.2, 0) is 15.4 Å². The van der Waals surface area contributed by atoms with Gasteiger partial charge in [0.2, 0.25) is 5.88 Å². The van der Waals surface area contributed by atoms with Gasteiger partial charge in [0.25, 0.3) is 10.0 Å². The Balaban J connectivity index is 1.52. The van der Waals surface area contributed by atoms with E-state index in [-0.39, 0.29) is 16.2 Å². The maximum atomic E-state index is 13.5. The molecule has 0 unspecified atom stereocenters. The van der Waals surface area contributed by atoms with Crippen LogP contribution in [-0.4, -0.2) is 31.5 Å². The first-order valence-electron chi connectivity index (χ1n) is 12.7. The molecule has 0 radical (unpaired) electrons. The number of hydrogen-bond donors (Lipinski definition) is 2. The van der Waals surface area contributed by atoms with Crippen molar-refractivity contribution in [3.63, 3.8) is 0 Å². The number of hydrogen-bond acceptors (Lipinski definition) is 5. The quantitative estimate of drug-likeness (QED) is 0.236. The molecular weight excluding hydrogens is 524 g/mol. The van der Waals surface area contributed by atoms with E-state index in [1.807, 2.05) is 42.5 Å². The van der Waals surface area contributed by atoms with Crippen LogP contribution in [0.5, 0.6) is 5.88 Å². The number of benzene rings is 3. The van der Waals surface area contributed by atoms with Crippen molar-refractivity contribution in [3.05, 3.63) is 103 Å². The van der Waals surface area contributed by atoms with Crippen LogP contribution in [0.3, 0.4) is 0 Å². The number of H-pyrrole nitrogens is 1. The average molecular weight is 555 g/mol. The molecule has 0 aliphatic rings. The van der Waals surface area contributed by atoms with Crippen molar-refractivity contribution in [2.75, 3.05) is 16.7 Å². The summed E-state index contributed by atoms with van der Waals surface area (Å²) in [5.74, 6) is 0.244. The van der Waals surface area contributed by atoms with Gasteiger partial charge in [0.05, 0.1) is 16.1 Å². The largest absolute Gasteiger partial charge is 0.418 e. The number of ether oxygens (including phenoxy) is 1. The van der Waals surface area contributed by atoms with E-state index in [1.165, 1.54) is 11.4 Å². The molecule has 3 aromatic carbocycles. The molecule has 5 aromatic rings. The molecule has 0 saturated carbocycles. The molecule has 0 atom stereocenters. The monoisotopic (exact) mass is 554 g/mol. The van der Waals surface area contributed by atoms with Crippen molar-refractivity contribution >= 4 is 38.4 Å². The standard InChI is InChI=1S/C31H30N4O4S/c1-31(2,3)22-10-13-25(14-11-22)40(37,38)35(4)24-12-15-27-26(20-24)28(21-8-6-5-7-9-21)29(34-27)39-30(36)33-23-16-18-32-19-17-23/h5-20,34H,1-4H3,(H,32,33,36). The van der Waals surface area contributed by atoms with Crippen molar-refractivity contribution < 1.29 is 17.9 Å². The number of aromatic amines is 1. The van der Waals surface area contributed by atoms with Crippen LogP contribution in [0.15, 0.2) is 102 Å². The van der Waals surface area contributed by atoms with E-state index in [2.05, 4.69) is 36.1 Å². The van der Waals surface area contributed by atoms with Gasteiger partial charge in [-0.1, -0.05) is 63.2 Å². The van der Waals surface area contributed by atoms with Crippen LogP contribution in [0.4, 0.5) is 16.2 Å². The molecular formula is C31H30N4O4S. The highest BCUT2D eigenvalue weighted by atomic mass is 32.2. The summed E-state index contributed by atoms with van der Waals surface area (Å²) in [7, 11) is -2.29. The fraction of sp³-hybridized carbons (Fsp3) is 0.161. The number of carbonyl (C=O) groups is 1. The van der Waals surface area contributed by atoms with Gasteiger partial charge < -0.3 is 9.72 Å². The van der Waals surface area contributed by atoms with Gasteiger partial charge in [0.15, 0.2) is 0 Å². The second-order valence-corrected chi connectivity index (χ2v) is 12.4. The van der Waals surface area contributed by atoms with E-state index in [9.17, 15) is 13.2 Å². The lowest BCUT2D eigenvalue weighted by Crippen LogP contribution is -2.26. The van der Waals surface area contributed by atoms with Gasteiger partial charge in [-0.05, 0) is 59.0 Å². The van der Waals surface area contributed by atoms with Crippen molar-refractivity contribution in [2.45, 2.75) is 31.1 Å². The maximum Gasteiger partial charge on any atom is 0.418 e. The second-order valence-electron chi connectivity index (χ2n) is 10.4. The summed E-state index contributed by atoms with van der Waals surface area (Å²) in [5.41, 5.74) is 4.11. The zero-order chi connectivity index (χ0) is 28.5. The molecule has 0 saturated heterocycles. The summed E-state index contributed by atoms with van der Waals surface area (Å²) in [5, 5.41) is 3.39. The summed E-state index contributed by atoms with van der Waals surface area (Å²) < 4.78 is 34.1. The Morgan fingerprint density at radius 3 is 2.25 bits per heavy atom. The number of nitrogens with zero attached hydrogens (tertiary/aromatic N) is 2. The van der Waals surface area contributed by atoms with E-state index in [4.69, 9.17) is 4.74 Å².